The number of Topliss-reactive ketones (excluding diaryl/α,β-unsaturated/α-hetero) is 1. The van der Waals surface area contributed by atoms with Gasteiger partial charge >= 0.3 is 0 Å². The van der Waals surface area contributed by atoms with Crippen molar-refractivity contribution >= 4 is 29.2 Å². The second-order valence-electron chi connectivity index (χ2n) is 6.85. The van der Waals surface area contributed by atoms with Crippen molar-refractivity contribution in [2.45, 2.75) is 76.1 Å². The average Bonchev–Trinajstić information content (AvgIpc) is 2.65. The fourth-order valence-electron chi connectivity index (χ4n) is 2.88. The van der Waals surface area contributed by atoms with E-state index in [1.54, 1.807) is 0 Å². The van der Waals surface area contributed by atoms with Gasteiger partial charge in [-0.05, 0) is 24.8 Å². The summed E-state index contributed by atoms with van der Waals surface area (Å²) < 4.78 is 0. The first-order valence-electron chi connectivity index (χ1n) is 9.73. The molecule has 0 unspecified atom stereocenters. The van der Waals surface area contributed by atoms with Gasteiger partial charge in [-0.15, -0.1) is 11.6 Å². The van der Waals surface area contributed by atoms with E-state index in [-0.39, 0.29) is 18.1 Å². The van der Waals surface area contributed by atoms with Crippen LogP contribution in [0.25, 0.3) is 0 Å². The number of amides is 2. The van der Waals surface area contributed by atoms with Gasteiger partial charge in [-0.3, -0.25) is 14.4 Å². The van der Waals surface area contributed by atoms with E-state index < -0.39 is 17.3 Å². The highest BCUT2D eigenvalue weighted by molar-refractivity contribution is 6.32. The summed E-state index contributed by atoms with van der Waals surface area (Å²) in [5.74, 6) is -1.23. The smallest absolute Gasteiger partial charge is 0.220 e. The number of primary amides is 1. The molecule has 0 radical (unpaired) electrons. The van der Waals surface area contributed by atoms with Crippen molar-refractivity contribution in [2.24, 2.45) is 5.73 Å². The van der Waals surface area contributed by atoms with Crippen molar-refractivity contribution in [1.29, 1.82) is 0 Å². The molecule has 2 amide bonds. The highest BCUT2D eigenvalue weighted by Crippen LogP contribution is 2.14. The van der Waals surface area contributed by atoms with Crippen LogP contribution in [-0.2, 0) is 20.8 Å². The van der Waals surface area contributed by atoms with Crippen molar-refractivity contribution in [3.05, 3.63) is 35.9 Å². The molecule has 6 heteroatoms. The average molecular weight is 395 g/mol. The predicted octanol–water partition coefficient (Wildman–Crippen LogP) is 3.52. The summed E-state index contributed by atoms with van der Waals surface area (Å²) in [6.45, 7) is 2.13. The van der Waals surface area contributed by atoms with Gasteiger partial charge in [0.25, 0.3) is 0 Å². The topological polar surface area (TPSA) is 89.3 Å². The van der Waals surface area contributed by atoms with Crippen molar-refractivity contribution in [3.63, 3.8) is 0 Å². The van der Waals surface area contributed by atoms with Crippen molar-refractivity contribution in [3.8, 4) is 0 Å². The third-order valence-corrected chi connectivity index (χ3v) is 4.86. The maximum absolute atomic E-state index is 12.6. The number of hydrogen-bond donors (Lipinski definition) is 2. The minimum Gasteiger partial charge on any atom is -0.370 e. The summed E-state index contributed by atoms with van der Waals surface area (Å²) in [7, 11) is 0. The van der Waals surface area contributed by atoms with Gasteiger partial charge in [0, 0.05) is 6.42 Å². The molecule has 0 spiro atoms. The van der Waals surface area contributed by atoms with Gasteiger partial charge < -0.3 is 11.1 Å². The number of nitrogens with two attached hydrogens (primary N) is 1. The monoisotopic (exact) mass is 394 g/mol. The van der Waals surface area contributed by atoms with Gasteiger partial charge in [-0.2, -0.15) is 0 Å². The highest BCUT2D eigenvalue weighted by Gasteiger charge is 2.28. The number of ketones is 1. The molecule has 0 bridgehead atoms. The van der Waals surface area contributed by atoms with E-state index in [0.717, 1.165) is 37.7 Å². The summed E-state index contributed by atoms with van der Waals surface area (Å²) in [5, 5.41) is 1.87. The molecule has 0 aliphatic rings. The first-order valence-corrected chi connectivity index (χ1v) is 10.2. The van der Waals surface area contributed by atoms with E-state index in [0.29, 0.717) is 19.3 Å². The van der Waals surface area contributed by atoms with Gasteiger partial charge in [0.2, 0.25) is 11.8 Å². The van der Waals surface area contributed by atoms with Gasteiger partial charge in [0.1, 0.15) is 0 Å². The number of nitrogens with one attached hydrogen (secondary N) is 1. The number of rotatable bonds is 14. The van der Waals surface area contributed by atoms with Gasteiger partial charge in [0.05, 0.1) is 17.8 Å². The lowest BCUT2D eigenvalue weighted by Crippen LogP contribution is -2.46. The first kappa shape index (κ1) is 23.2. The number of benzene rings is 1. The van der Waals surface area contributed by atoms with Crippen molar-refractivity contribution in [2.75, 3.05) is 0 Å². The minimum atomic E-state index is -0.955. The molecule has 2 atom stereocenters. The maximum atomic E-state index is 12.6. The fourth-order valence-corrected chi connectivity index (χ4v) is 3.14. The molecular formula is C21H31ClN2O3. The third-order valence-electron chi connectivity index (χ3n) is 4.43. The summed E-state index contributed by atoms with van der Waals surface area (Å²) in [5.41, 5.74) is 6.32. The van der Waals surface area contributed by atoms with Crippen LogP contribution >= 0.6 is 11.6 Å². The number of unbranched alkanes of at least 4 members (excludes halogenated alkanes) is 4. The molecule has 0 aliphatic heterocycles. The van der Waals surface area contributed by atoms with Gasteiger partial charge in [0.15, 0.2) is 5.78 Å². The molecule has 0 fully saturated rings. The van der Waals surface area contributed by atoms with E-state index in [4.69, 9.17) is 17.3 Å². The molecule has 0 saturated heterocycles. The van der Waals surface area contributed by atoms with Crippen LogP contribution in [0.2, 0.25) is 0 Å². The summed E-state index contributed by atoms with van der Waals surface area (Å²) in [6, 6.07) is 8.76. The van der Waals surface area contributed by atoms with E-state index in [1.165, 1.54) is 0 Å². The quantitative estimate of drug-likeness (QED) is 0.373. The van der Waals surface area contributed by atoms with Crippen LogP contribution in [-0.4, -0.2) is 29.0 Å². The molecule has 1 aromatic rings. The number of hydrogen-bond acceptors (Lipinski definition) is 3. The van der Waals surface area contributed by atoms with E-state index in [2.05, 4.69) is 12.2 Å². The second kappa shape index (κ2) is 13.3. The summed E-state index contributed by atoms with van der Waals surface area (Å²) in [6.07, 6.45) is 6.32. The molecule has 0 aliphatic carbocycles. The van der Waals surface area contributed by atoms with Crippen LogP contribution in [0.3, 0.4) is 0 Å². The van der Waals surface area contributed by atoms with E-state index in [1.807, 2.05) is 30.3 Å². The molecule has 1 rings (SSSR count). The molecular weight excluding hydrogens is 364 g/mol. The Morgan fingerprint density at radius 3 is 2.37 bits per heavy atom. The van der Waals surface area contributed by atoms with Crippen molar-refractivity contribution in [1.82, 2.24) is 5.32 Å². The minimum absolute atomic E-state index is 0.227. The molecule has 1 aromatic carbocycles. The third kappa shape index (κ3) is 10.1. The Kier molecular flexibility index (Phi) is 11.4. The Morgan fingerprint density at radius 1 is 1.07 bits per heavy atom. The zero-order valence-electron chi connectivity index (χ0n) is 16.1. The van der Waals surface area contributed by atoms with Crippen LogP contribution < -0.4 is 11.1 Å². The Hall–Kier alpha value is -1.88. The summed E-state index contributed by atoms with van der Waals surface area (Å²) >= 11 is 6.25. The summed E-state index contributed by atoms with van der Waals surface area (Å²) in [4.78, 5) is 36.0. The van der Waals surface area contributed by atoms with Crippen LogP contribution in [0.5, 0.6) is 0 Å². The fraction of sp³-hybridized carbons (Fsp3) is 0.571. The lowest BCUT2D eigenvalue weighted by Gasteiger charge is -2.19. The van der Waals surface area contributed by atoms with E-state index in [9.17, 15) is 14.4 Å². The SMILES string of the molecule is CCCCCCCC(=O)N[C@H](CC(N)=O)C(=O)[C@@H](Cl)CCc1ccccc1. The van der Waals surface area contributed by atoms with Crippen LogP contribution in [0.15, 0.2) is 30.3 Å². The molecule has 0 heterocycles. The lowest BCUT2D eigenvalue weighted by atomic mass is 10.00. The zero-order chi connectivity index (χ0) is 20.1. The van der Waals surface area contributed by atoms with Gasteiger partial charge in [-0.25, -0.2) is 0 Å². The lowest BCUT2D eigenvalue weighted by molar-refractivity contribution is -0.130. The maximum Gasteiger partial charge on any atom is 0.220 e. The number of carbonyl (C=O) groups excluding carboxylic acids is 3. The standard InChI is InChI=1S/C21H31ClN2O3/c1-2-3-4-5-9-12-20(26)24-18(15-19(23)25)21(27)17(22)14-13-16-10-7-6-8-11-16/h6-8,10-11,17-18H,2-5,9,12-15H2,1H3,(H2,23,25)(H,24,26)/t17-,18+/m0/s1. The predicted molar refractivity (Wildman–Crippen MR) is 109 cm³/mol. The Balaban J connectivity index is 2.51. The Bertz CT molecular complexity index is 592. The van der Waals surface area contributed by atoms with Crippen LogP contribution in [0.4, 0.5) is 0 Å². The Morgan fingerprint density at radius 2 is 1.74 bits per heavy atom. The molecule has 27 heavy (non-hydrogen) atoms. The molecule has 0 saturated carbocycles. The number of halogens is 1. The number of aryl methyl sites for hydroxylation is 1. The Labute approximate surface area is 167 Å². The molecule has 5 nitrogen and oxygen atoms in total. The second-order valence-corrected chi connectivity index (χ2v) is 7.38. The number of carbonyl (C=O) groups is 3. The first-order chi connectivity index (χ1) is 12.9. The normalized spacial score (nSPS) is 13.0. The van der Waals surface area contributed by atoms with Crippen molar-refractivity contribution < 1.29 is 14.4 Å². The van der Waals surface area contributed by atoms with Gasteiger partial charge in [-0.1, -0.05) is 62.9 Å². The largest absolute Gasteiger partial charge is 0.370 e. The van der Waals surface area contributed by atoms with Crippen LogP contribution in [0.1, 0.15) is 63.9 Å². The zero-order valence-corrected chi connectivity index (χ0v) is 16.8. The molecule has 0 aromatic heterocycles. The molecule has 3 N–H and O–H groups in total. The van der Waals surface area contributed by atoms with Crippen LogP contribution in [0, 0.1) is 0 Å². The molecule has 150 valence electrons. The highest BCUT2D eigenvalue weighted by atomic mass is 35.5. The van der Waals surface area contributed by atoms with E-state index >= 15 is 0 Å². The number of alkyl halides is 1.